The zero-order valence-corrected chi connectivity index (χ0v) is 9.33. The van der Waals surface area contributed by atoms with E-state index in [1.165, 1.54) is 0 Å². The number of rotatable bonds is 10. The van der Waals surface area contributed by atoms with Gasteiger partial charge < -0.3 is 9.84 Å². The Hall–Kier alpha value is -0.740. The van der Waals surface area contributed by atoms with Crippen molar-refractivity contribution in [3.05, 3.63) is 0 Å². The minimum Gasteiger partial charge on any atom is -0.394 e. The summed E-state index contributed by atoms with van der Waals surface area (Å²) in [6, 6.07) is 0. The molecule has 0 amide bonds. The van der Waals surface area contributed by atoms with E-state index in [0.29, 0.717) is 38.7 Å². The summed E-state index contributed by atoms with van der Waals surface area (Å²) in [5, 5.41) is 8.41. The summed E-state index contributed by atoms with van der Waals surface area (Å²) in [5.74, 6) is 0.330. The van der Waals surface area contributed by atoms with Gasteiger partial charge in [0.25, 0.3) is 0 Å². The van der Waals surface area contributed by atoms with E-state index >= 15 is 0 Å². The molecule has 0 radical (unpaired) electrons. The van der Waals surface area contributed by atoms with E-state index in [9.17, 15) is 9.59 Å². The van der Waals surface area contributed by atoms with Crippen LogP contribution < -0.4 is 0 Å². The largest absolute Gasteiger partial charge is 0.394 e. The van der Waals surface area contributed by atoms with Crippen LogP contribution in [0, 0.1) is 0 Å². The van der Waals surface area contributed by atoms with Crippen LogP contribution >= 0.6 is 0 Å². The average molecular weight is 216 g/mol. The standard InChI is InChI=1S/C11H20O4/c1-2-10(13)4-3-5-11(14)6-8-15-9-7-12/h12H,2-9H2,1H3. The molecule has 0 unspecified atom stereocenters. The summed E-state index contributed by atoms with van der Waals surface area (Å²) in [6.45, 7) is 2.45. The molecule has 0 aromatic rings. The lowest BCUT2D eigenvalue weighted by atomic mass is 10.1. The van der Waals surface area contributed by atoms with Crippen molar-refractivity contribution in [3.8, 4) is 0 Å². The maximum absolute atomic E-state index is 11.2. The summed E-state index contributed by atoms with van der Waals surface area (Å²) in [4.78, 5) is 22.2. The van der Waals surface area contributed by atoms with Gasteiger partial charge in [-0.05, 0) is 6.42 Å². The fourth-order valence-corrected chi connectivity index (χ4v) is 1.14. The van der Waals surface area contributed by atoms with E-state index in [1.807, 2.05) is 6.92 Å². The number of aliphatic hydroxyl groups is 1. The number of carbonyl (C=O) groups excluding carboxylic acids is 2. The molecule has 0 aliphatic rings. The van der Waals surface area contributed by atoms with Gasteiger partial charge >= 0.3 is 0 Å². The number of aliphatic hydroxyl groups excluding tert-OH is 1. The first kappa shape index (κ1) is 14.3. The smallest absolute Gasteiger partial charge is 0.135 e. The van der Waals surface area contributed by atoms with E-state index in [-0.39, 0.29) is 24.8 Å². The maximum Gasteiger partial charge on any atom is 0.135 e. The Morgan fingerprint density at radius 3 is 2.33 bits per heavy atom. The SMILES string of the molecule is CCC(=O)CCCC(=O)CCOCCO. The van der Waals surface area contributed by atoms with Gasteiger partial charge in [0, 0.05) is 25.7 Å². The van der Waals surface area contributed by atoms with Gasteiger partial charge in [-0.3, -0.25) is 9.59 Å². The van der Waals surface area contributed by atoms with Crippen LogP contribution in [0.5, 0.6) is 0 Å². The molecule has 4 nitrogen and oxygen atoms in total. The molecule has 0 aromatic carbocycles. The third-order valence-electron chi connectivity index (χ3n) is 2.07. The van der Waals surface area contributed by atoms with Crippen molar-refractivity contribution in [2.24, 2.45) is 0 Å². The normalized spacial score (nSPS) is 10.3. The highest BCUT2D eigenvalue weighted by atomic mass is 16.5. The zero-order valence-electron chi connectivity index (χ0n) is 9.33. The van der Waals surface area contributed by atoms with E-state index in [4.69, 9.17) is 9.84 Å². The minimum atomic E-state index is -0.0147. The van der Waals surface area contributed by atoms with Crippen molar-refractivity contribution in [1.29, 1.82) is 0 Å². The molecule has 0 aliphatic heterocycles. The summed E-state index contributed by atoms with van der Waals surface area (Å²) < 4.78 is 4.96. The van der Waals surface area contributed by atoms with Crippen molar-refractivity contribution in [3.63, 3.8) is 0 Å². The van der Waals surface area contributed by atoms with Crippen LogP contribution in [-0.4, -0.2) is 36.5 Å². The summed E-state index contributed by atoms with van der Waals surface area (Å²) in [7, 11) is 0. The van der Waals surface area contributed by atoms with Gasteiger partial charge in [-0.2, -0.15) is 0 Å². The lowest BCUT2D eigenvalue weighted by molar-refractivity contribution is -0.121. The highest BCUT2D eigenvalue weighted by molar-refractivity contribution is 5.81. The summed E-state index contributed by atoms with van der Waals surface area (Å²) in [6.07, 6.45) is 2.52. The number of hydrogen-bond acceptors (Lipinski definition) is 4. The molecular formula is C11H20O4. The second-order valence-corrected chi connectivity index (χ2v) is 3.37. The predicted octanol–water partition coefficient (Wildman–Crippen LogP) is 1.10. The minimum absolute atomic E-state index is 0.0147. The van der Waals surface area contributed by atoms with Crippen molar-refractivity contribution in [2.75, 3.05) is 19.8 Å². The quantitative estimate of drug-likeness (QED) is 0.555. The Bertz CT molecular complexity index is 189. The third kappa shape index (κ3) is 9.56. The Morgan fingerprint density at radius 1 is 1.07 bits per heavy atom. The molecule has 0 saturated heterocycles. The van der Waals surface area contributed by atoms with Gasteiger partial charge in [-0.15, -0.1) is 0 Å². The number of hydrogen-bond donors (Lipinski definition) is 1. The van der Waals surface area contributed by atoms with E-state index in [2.05, 4.69) is 0 Å². The number of ketones is 2. The summed E-state index contributed by atoms with van der Waals surface area (Å²) >= 11 is 0. The number of ether oxygens (including phenoxy) is 1. The molecule has 0 heterocycles. The van der Waals surface area contributed by atoms with Gasteiger partial charge in [0.1, 0.15) is 11.6 Å². The monoisotopic (exact) mass is 216 g/mol. The van der Waals surface area contributed by atoms with E-state index in [0.717, 1.165) is 0 Å². The molecule has 0 atom stereocenters. The molecule has 0 aromatic heterocycles. The van der Waals surface area contributed by atoms with E-state index in [1.54, 1.807) is 0 Å². The first-order chi connectivity index (χ1) is 7.20. The van der Waals surface area contributed by atoms with Crippen LogP contribution in [-0.2, 0) is 14.3 Å². The molecule has 0 aliphatic carbocycles. The topological polar surface area (TPSA) is 63.6 Å². The molecule has 0 saturated carbocycles. The van der Waals surface area contributed by atoms with Gasteiger partial charge in [0.15, 0.2) is 0 Å². The van der Waals surface area contributed by atoms with Crippen molar-refractivity contribution >= 4 is 11.6 Å². The molecule has 0 fully saturated rings. The van der Waals surface area contributed by atoms with Crippen molar-refractivity contribution < 1.29 is 19.4 Å². The first-order valence-electron chi connectivity index (χ1n) is 5.42. The Kier molecular flexibility index (Phi) is 9.32. The molecule has 88 valence electrons. The third-order valence-corrected chi connectivity index (χ3v) is 2.07. The van der Waals surface area contributed by atoms with Crippen LogP contribution in [0.15, 0.2) is 0 Å². The van der Waals surface area contributed by atoms with Crippen molar-refractivity contribution in [2.45, 2.75) is 39.0 Å². The number of Topliss-reactive ketones (excluding diaryl/α,β-unsaturated/α-hetero) is 2. The number of carbonyl (C=O) groups is 2. The molecular weight excluding hydrogens is 196 g/mol. The first-order valence-corrected chi connectivity index (χ1v) is 5.42. The molecule has 1 N–H and O–H groups in total. The Morgan fingerprint density at radius 2 is 1.73 bits per heavy atom. The molecule has 4 heteroatoms. The fourth-order valence-electron chi connectivity index (χ4n) is 1.14. The molecule has 0 spiro atoms. The van der Waals surface area contributed by atoms with Gasteiger partial charge in [-0.1, -0.05) is 6.92 Å². The van der Waals surface area contributed by atoms with Crippen LogP contribution in [0.4, 0.5) is 0 Å². The fraction of sp³-hybridized carbons (Fsp3) is 0.818. The second kappa shape index (κ2) is 9.80. The van der Waals surface area contributed by atoms with Crippen LogP contribution in [0.1, 0.15) is 39.0 Å². The zero-order chi connectivity index (χ0) is 11.5. The average Bonchev–Trinajstić information content (AvgIpc) is 2.24. The predicted molar refractivity (Wildman–Crippen MR) is 56.7 cm³/mol. The maximum atomic E-state index is 11.2. The van der Waals surface area contributed by atoms with Crippen LogP contribution in [0.3, 0.4) is 0 Å². The van der Waals surface area contributed by atoms with Gasteiger partial charge in [0.2, 0.25) is 0 Å². The van der Waals surface area contributed by atoms with E-state index < -0.39 is 0 Å². The molecule has 15 heavy (non-hydrogen) atoms. The van der Waals surface area contributed by atoms with Crippen LogP contribution in [0.25, 0.3) is 0 Å². The molecule has 0 bridgehead atoms. The van der Waals surface area contributed by atoms with Crippen molar-refractivity contribution in [1.82, 2.24) is 0 Å². The van der Waals surface area contributed by atoms with Gasteiger partial charge in [-0.25, -0.2) is 0 Å². The van der Waals surface area contributed by atoms with Gasteiger partial charge in [0.05, 0.1) is 19.8 Å². The lowest BCUT2D eigenvalue weighted by Gasteiger charge is -2.01. The second-order valence-electron chi connectivity index (χ2n) is 3.37. The molecule has 0 rings (SSSR count). The highest BCUT2D eigenvalue weighted by Gasteiger charge is 2.04. The summed E-state index contributed by atoms with van der Waals surface area (Å²) in [5.41, 5.74) is 0. The van der Waals surface area contributed by atoms with Crippen LogP contribution in [0.2, 0.25) is 0 Å². The highest BCUT2D eigenvalue weighted by Crippen LogP contribution is 2.02. The lowest BCUT2D eigenvalue weighted by Crippen LogP contribution is -2.07. The Labute approximate surface area is 90.6 Å². The Balaban J connectivity index is 3.29.